The van der Waals surface area contributed by atoms with Crippen LogP contribution in [0.5, 0.6) is 11.5 Å². The second-order valence-electron chi connectivity index (χ2n) is 9.92. The number of carbonyl (C=O) groups excluding carboxylic acids is 2. The molecule has 1 atom stereocenters. The first-order valence-corrected chi connectivity index (χ1v) is 12.8. The minimum Gasteiger partial charge on any atom is -0.489 e. The maximum Gasteiger partial charge on any atom is 0.410 e. The lowest BCUT2D eigenvalue weighted by atomic mass is 10.1. The smallest absolute Gasteiger partial charge is 0.410 e. The number of nitrogens with zero attached hydrogens (tertiary/aromatic N) is 1. The van der Waals surface area contributed by atoms with Crippen LogP contribution in [0.25, 0.3) is 0 Å². The van der Waals surface area contributed by atoms with E-state index in [1.165, 1.54) is 11.8 Å². The highest BCUT2D eigenvalue weighted by Crippen LogP contribution is 2.21. The largest absolute Gasteiger partial charge is 0.489 e. The molecule has 1 amide bonds. The summed E-state index contributed by atoms with van der Waals surface area (Å²) < 4.78 is 16.6. The van der Waals surface area contributed by atoms with E-state index in [1.807, 2.05) is 51.1 Å². The van der Waals surface area contributed by atoms with E-state index in [9.17, 15) is 14.7 Å². The first kappa shape index (κ1) is 29.0. The summed E-state index contributed by atoms with van der Waals surface area (Å²) in [5, 5.41) is 11.3. The van der Waals surface area contributed by atoms with Crippen molar-refractivity contribution >= 4 is 23.7 Å². The summed E-state index contributed by atoms with van der Waals surface area (Å²) >= 11 is 6.07. The number of carbonyl (C=O) groups is 2. The predicted octanol–water partition coefficient (Wildman–Crippen LogP) is 6.36. The minimum atomic E-state index is -0.906. The fourth-order valence-corrected chi connectivity index (χ4v) is 3.86. The van der Waals surface area contributed by atoms with Crippen molar-refractivity contribution in [1.82, 2.24) is 4.90 Å². The van der Waals surface area contributed by atoms with Crippen molar-refractivity contribution in [1.29, 1.82) is 0 Å². The third kappa shape index (κ3) is 9.72. The lowest BCUT2D eigenvalue weighted by molar-refractivity contribution is -0.131. The van der Waals surface area contributed by atoms with Gasteiger partial charge in [-0.3, -0.25) is 4.79 Å². The Morgan fingerprint density at radius 2 is 1.66 bits per heavy atom. The molecule has 0 unspecified atom stereocenters. The molecule has 0 saturated carbocycles. The molecule has 3 aromatic carbocycles. The highest BCUT2D eigenvalue weighted by Gasteiger charge is 2.24. The number of aliphatic hydroxyl groups excluding tert-OH is 1. The highest BCUT2D eigenvalue weighted by atomic mass is 35.5. The van der Waals surface area contributed by atoms with Crippen LogP contribution < -0.4 is 9.47 Å². The van der Waals surface area contributed by atoms with Crippen LogP contribution in [-0.4, -0.2) is 40.8 Å². The normalized spacial score (nSPS) is 11.9. The summed E-state index contributed by atoms with van der Waals surface area (Å²) in [4.78, 5) is 25.6. The lowest BCUT2D eigenvalue weighted by Crippen LogP contribution is -2.40. The van der Waals surface area contributed by atoms with E-state index in [4.69, 9.17) is 25.8 Å². The molecular weight excluding hydrogens is 506 g/mol. The monoisotopic (exact) mass is 539 g/mol. The molecule has 38 heavy (non-hydrogen) atoms. The molecule has 0 aromatic heterocycles. The molecule has 0 heterocycles. The number of aliphatic hydroxyl groups is 1. The van der Waals surface area contributed by atoms with E-state index in [2.05, 4.69) is 0 Å². The van der Waals surface area contributed by atoms with Crippen molar-refractivity contribution in [3.63, 3.8) is 0 Å². The van der Waals surface area contributed by atoms with Crippen molar-refractivity contribution < 1.29 is 28.9 Å². The molecule has 0 aliphatic rings. The van der Waals surface area contributed by atoms with E-state index in [-0.39, 0.29) is 12.5 Å². The van der Waals surface area contributed by atoms with Gasteiger partial charge < -0.3 is 24.2 Å². The Balaban J connectivity index is 1.60. The van der Waals surface area contributed by atoms with Crippen molar-refractivity contribution in [3.8, 4) is 11.5 Å². The van der Waals surface area contributed by atoms with Crippen LogP contribution in [0.1, 0.15) is 50.5 Å². The van der Waals surface area contributed by atoms with Gasteiger partial charge in [0.25, 0.3) is 0 Å². The number of benzene rings is 3. The van der Waals surface area contributed by atoms with Gasteiger partial charge >= 0.3 is 12.1 Å². The molecule has 8 heteroatoms. The molecule has 0 aliphatic carbocycles. The summed E-state index contributed by atoms with van der Waals surface area (Å²) in [6.45, 7) is 7.53. The standard InChI is InChI=1S/C30H34ClNO6/c1-21(33)37-27-10-5-7-23(17-27)20-36-26-13-11-22(12-14-26)15-16-32(29(35)38-30(2,3)4)19-28(34)24-8-6-9-25(31)18-24/h5-14,17-18,28,34H,15-16,19-20H2,1-4H3/t28-/m1/s1. The number of rotatable bonds is 10. The van der Waals surface area contributed by atoms with Gasteiger partial charge in [-0.1, -0.05) is 48.0 Å². The second-order valence-corrected chi connectivity index (χ2v) is 10.4. The zero-order chi connectivity index (χ0) is 27.7. The third-order valence-electron chi connectivity index (χ3n) is 5.44. The van der Waals surface area contributed by atoms with Gasteiger partial charge in [-0.25, -0.2) is 4.79 Å². The van der Waals surface area contributed by atoms with Crippen molar-refractivity contribution in [2.45, 2.75) is 52.4 Å². The summed E-state index contributed by atoms with van der Waals surface area (Å²) in [5.41, 5.74) is 1.84. The number of hydrogen-bond acceptors (Lipinski definition) is 6. The average Bonchev–Trinajstić information content (AvgIpc) is 2.84. The molecule has 1 N–H and O–H groups in total. The Bertz CT molecular complexity index is 1220. The number of ether oxygens (including phenoxy) is 3. The van der Waals surface area contributed by atoms with Gasteiger partial charge in [-0.2, -0.15) is 0 Å². The molecular formula is C30H34ClNO6. The minimum absolute atomic E-state index is 0.0723. The maximum absolute atomic E-state index is 12.9. The van der Waals surface area contributed by atoms with Gasteiger partial charge in [-0.05, 0) is 80.3 Å². The second kappa shape index (κ2) is 13.3. The maximum atomic E-state index is 12.9. The molecule has 0 saturated heterocycles. The van der Waals surface area contributed by atoms with Gasteiger partial charge in [0.2, 0.25) is 0 Å². The quantitative estimate of drug-likeness (QED) is 0.238. The van der Waals surface area contributed by atoms with Crippen LogP contribution in [0.4, 0.5) is 4.79 Å². The number of esters is 1. The Kier molecular flexibility index (Phi) is 10.2. The van der Waals surface area contributed by atoms with Gasteiger partial charge in [-0.15, -0.1) is 0 Å². The van der Waals surface area contributed by atoms with Crippen molar-refractivity contribution in [2.24, 2.45) is 0 Å². The van der Waals surface area contributed by atoms with Crippen LogP contribution in [0, 0.1) is 0 Å². The molecule has 0 bridgehead atoms. The molecule has 3 rings (SSSR count). The van der Waals surface area contributed by atoms with Crippen molar-refractivity contribution in [3.05, 3.63) is 94.5 Å². The van der Waals surface area contributed by atoms with Crippen LogP contribution in [0.2, 0.25) is 5.02 Å². The lowest BCUT2D eigenvalue weighted by Gasteiger charge is -2.29. The molecule has 0 fully saturated rings. The van der Waals surface area contributed by atoms with Crippen LogP contribution in [0.15, 0.2) is 72.8 Å². The van der Waals surface area contributed by atoms with Gasteiger partial charge in [0.1, 0.15) is 23.7 Å². The molecule has 0 radical (unpaired) electrons. The van der Waals surface area contributed by atoms with Crippen LogP contribution in [-0.2, 0) is 22.6 Å². The molecule has 202 valence electrons. The highest BCUT2D eigenvalue weighted by molar-refractivity contribution is 6.30. The van der Waals surface area contributed by atoms with E-state index in [0.29, 0.717) is 41.7 Å². The topological polar surface area (TPSA) is 85.3 Å². The zero-order valence-corrected chi connectivity index (χ0v) is 22.9. The summed E-state index contributed by atoms with van der Waals surface area (Å²) in [6, 6.07) is 21.7. The van der Waals surface area contributed by atoms with Crippen LogP contribution in [0.3, 0.4) is 0 Å². The third-order valence-corrected chi connectivity index (χ3v) is 5.67. The van der Waals surface area contributed by atoms with E-state index in [1.54, 1.807) is 42.5 Å². The predicted molar refractivity (Wildman–Crippen MR) is 146 cm³/mol. The fraction of sp³-hybridized carbons (Fsp3) is 0.333. The molecule has 0 spiro atoms. The summed E-state index contributed by atoms with van der Waals surface area (Å²) in [5.74, 6) is 0.791. The zero-order valence-electron chi connectivity index (χ0n) is 22.1. The van der Waals surface area contributed by atoms with Crippen LogP contribution >= 0.6 is 11.6 Å². The van der Waals surface area contributed by atoms with Gasteiger partial charge in [0.15, 0.2) is 0 Å². The number of hydrogen-bond donors (Lipinski definition) is 1. The molecule has 0 aliphatic heterocycles. The number of amides is 1. The Hall–Kier alpha value is -3.55. The first-order valence-electron chi connectivity index (χ1n) is 12.4. The number of halogens is 1. The van der Waals surface area contributed by atoms with Crippen molar-refractivity contribution in [2.75, 3.05) is 13.1 Å². The van der Waals surface area contributed by atoms with Gasteiger partial charge in [0, 0.05) is 18.5 Å². The fourth-order valence-electron chi connectivity index (χ4n) is 3.66. The molecule has 3 aromatic rings. The SMILES string of the molecule is CC(=O)Oc1cccc(COc2ccc(CCN(C[C@@H](O)c3cccc(Cl)c3)C(=O)OC(C)(C)C)cc2)c1. The Labute approximate surface area is 228 Å². The molecule has 7 nitrogen and oxygen atoms in total. The van der Waals surface area contributed by atoms with Gasteiger partial charge in [0.05, 0.1) is 12.6 Å². The first-order chi connectivity index (χ1) is 18.0. The summed E-state index contributed by atoms with van der Waals surface area (Å²) in [7, 11) is 0. The van der Waals surface area contributed by atoms with E-state index >= 15 is 0 Å². The average molecular weight is 540 g/mol. The van der Waals surface area contributed by atoms with E-state index < -0.39 is 17.8 Å². The summed E-state index contributed by atoms with van der Waals surface area (Å²) in [6.07, 6.45) is -0.836. The Morgan fingerprint density at radius 1 is 0.947 bits per heavy atom. The Morgan fingerprint density at radius 3 is 2.32 bits per heavy atom. The van der Waals surface area contributed by atoms with E-state index in [0.717, 1.165) is 11.1 Å².